The second kappa shape index (κ2) is 9.10. The smallest absolute Gasteiger partial charge is 0.417 e. The van der Waals surface area contributed by atoms with Gasteiger partial charge in [0.1, 0.15) is 12.4 Å². The average molecular weight is 393 g/mol. The van der Waals surface area contributed by atoms with Gasteiger partial charge in [-0.05, 0) is 37.1 Å². The average Bonchev–Trinajstić information content (AvgIpc) is 3.20. The van der Waals surface area contributed by atoms with Crippen molar-refractivity contribution in [1.29, 1.82) is 0 Å². The number of para-hydroxylation sites is 1. The molecule has 2 aromatic carbocycles. The minimum absolute atomic E-state index is 0.166. The predicted octanol–water partition coefficient (Wildman–Crippen LogP) is 4.41. The Kier molecular flexibility index (Phi) is 6.57. The molecule has 0 saturated carbocycles. The summed E-state index contributed by atoms with van der Waals surface area (Å²) in [6.45, 7) is 1.19. The normalized spacial score (nSPS) is 16.8. The van der Waals surface area contributed by atoms with Gasteiger partial charge in [0.15, 0.2) is 0 Å². The van der Waals surface area contributed by atoms with E-state index in [0.29, 0.717) is 12.4 Å². The number of alkyl halides is 3. The first-order chi connectivity index (χ1) is 13.4. The molecule has 1 fully saturated rings. The minimum atomic E-state index is -4.59. The van der Waals surface area contributed by atoms with E-state index in [4.69, 9.17) is 9.47 Å². The molecular weight excluding hydrogens is 371 g/mol. The largest absolute Gasteiger partial charge is 0.492 e. The van der Waals surface area contributed by atoms with Crippen molar-refractivity contribution in [3.63, 3.8) is 0 Å². The van der Waals surface area contributed by atoms with E-state index in [2.05, 4.69) is 0 Å². The van der Waals surface area contributed by atoms with Crippen LogP contribution in [-0.4, -0.2) is 43.2 Å². The molecule has 7 heteroatoms. The Morgan fingerprint density at radius 3 is 2.50 bits per heavy atom. The number of halogens is 3. The molecular formula is C21H22F3NO3. The first kappa shape index (κ1) is 20.2. The summed E-state index contributed by atoms with van der Waals surface area (Å²) in [5.41, 5.74) is -1.28. The Morgan fingerprint density at radius 2 is 1.82 bits per heavy atom. The zero-order chi connectivity index (χ0) is 20.0. The fourth-order valence-electron chi connectivity index (χ4n) is 3.19. The van der Waals surface area contributed by atoms with E-state index < -0.39 is 17.6 Å². The molecule has 1 saturated heterocycles. The lowest BCUT2D eigenvalue weighted by molar-refractivity contribution is -0.138. The SMILES string of the molecule is O=C(c1ccccc1C(F)(F)F)N(CCOc1ccccc1)CC1CCCO1. The number of hydrogen-bond acceptors (Lipinski definition) is 3. The van der Waals surface area contributed by atoms with Gasteiger partial charge in [-0.1, -0.05) is 30.3 Å². The molecule has 1 aliphatic rings. The van der Waals surface area contributed by atoms with E-state index in [0.717, 1.165) is 18.9 Å². The summed E-state index contributed by atoms with van der Waals surface area (Å²) in [6.07, 6.45) is -3.10. The lowest BCUT2D eigenvalue weighted by atomic mass is 10.1. The molecule has 0 aromatic heterocycles. The summed E-state index contributed by atoms with van der Waals surface area (Å²) >= 11 is 0. The van der Waals surface area contributed by atoms with Crippen LogP contribution in [0.3, 0.4) is 0 Å². The summed E-state index contributed by atoms with van der Waals surface area (Å²) in [4.78, 5) is 14.3. The van der Waals surface area contributed by atoms with Crippen LogP contribution in [0, 0.1) is 0 Å². The molecule has 1 aliphatic heterocycles. The lowest BCUT2D eigenvalue weighted by Gasteiger charge is -2.26. The van der Waals surface area contributed by atoms with E-state index in [-0.39, 0.29) is 31.4 Å². The van der Waals surface area contributed by atoms with Gasteiger partial charge in [-0.15, -0.1) is 0 Å². The summed E-state index contributed by atoms with van der Waals surface area (Å²) in [7, 11) is 0. The maximum Gasteiger partial charge on any atom is 0.417 e. The molecule has 4 nitrogen and oxygen atoms in total. The molecule has 1 heterocycles. The summed E-state index contributed by atoms with van der Waals surface area (Å²) in [5, 5.41) is 0. The Morgan fingerprint density at radius 1 is 1.11 bits per heavy atom. The Labute approximate surface area is 161 Å². The Bertz CT molecular complexity index is 774. The molecule has 3 rings (SSSR count). The molecule has 28 heavy (non-hydrogen) atoms. The summed E-state index contributed by atoms with van der Waals surface area (Å²) in [5.74, 6) is -0.0252. The topological polar surface area (TPSA) is 38.8 Å². The van der Waals surface area contributed by atoms with Gasteiger partial charge in [0.25, 0.3) is 5.91 Å². The van der Waals surface area contributed by atoms with Gasteiger partial charge in [0, 0.05) is 13.2 Å². The van der Waals surface area contributed by atoms with Crippen LogP contribution in [0.1, 0.15) is 28.8 Å². The molecule has 0 N–H and O–H groups in total. The third-order valence-electron chi connectivity index (χ3n) is 4.57. The first-order valence-corrected chi connectivity index (χ1v) is 9.20. The Hall–Kier alpha value is -2.54. The second-order valence-corrected chi connectivity index (χ2v) is 6.59. The van der Waals surface area contributed by atoms with Crippen LogP contribution < -0.4 is 4.74 Å². The lowest BCUT2D eigenvalue weighted by Crippen LogP contribution is -2.40. The van der Waals surface area contributed by atoms with Crippen molar-refractivity contribution in [3.8, 4) is 5.75 Å². The zero-order valence-electron chi connectivity index (χ0n) is 15.3. The highest BCUT2D eigenvalue weighted by Gasteiger charge is 2.36. The van der Waals surface area contributed by atoms with E-state index in [9.17, 15) is 18.0 Å². The van der Waals surface area contributed by atoms with E-state index >= 15 is 0 Å². The van der Waals surface area contributed by atoms with Gasteiger partial charge < -0.3 is 14.4 Å². The van der Waals surface area contributed by atoms with Crippen molar-refractivity contribution in [2.45, 2.75) is 25.1 Å². The molecule has 1 amide bonds. The molecule has 0 spiro atoms. The van der Waals surface area contributed by atoms with Crippen LogP contribution in [-0.2, 0) is 10.9 Å². The quantitative estimate of drug-likeness (QED) is 0.700. The van der Waals surface area contributed by atoms with Gasteiger partial charge in [0.2, 0.25) is 0 Å². The number of benzene rings is 2. The van der Waals surface area contributed by atoms with Gasteiger partial charge in [0.05, 0.1) is 23.8 Å². The number of nitrogens with zero attached hydrogens (tertiary/aromatic N) is 1. The fraction of sp³-hybridized carbons (Fsp3) is 0.381. The number of carbonyl (C=O) groups is 1. The van der Waals surface area contributed by atoms with Crippen LogP contribution >= 0.6 is 0 Å². The van der Waals surface area contributed by atoms with Gasteiger partial charge in [-0.3, -0.25) is 4.79 Å². The number of hydrogen-bond donors (Lipinski definition) is 0. The van der Waals surface area contributed by atoms with Crippen molar-refractivity contribution in [1.82, 2.24) is 4.90 Å². The third-order valence-corrected chi connectivity index (χ3v) is 4.57. The number of amides is 1. The zero-order valence-corrected chi connectivity index (χ0v) is 15.3. The Balaban J connectivity index is 1.75. The number of carbonyl (C=O) groups excluding carboxylic acids is 1. The van der Waals surface area contributed by atoms with Gasteiger partial charge in [-0.25, -0.2) is 0 Å². The van der Waals surface area contributed by atoms with Crippen molar-refractivity contribution in [2.75, 3.05) is 26.3 Å². The molecule has 0 aliphatic carbocycles. The van der Waals surface area contributed by atoms with Crippen LogP contribution in [0.15, 0.2) is 54.6 Å². The van der Waals surface area contributed by atoms with E-state index in [1.807, 2.05) is 18.2 Å². The molecule has 0 bridgehead atoms. The number of ether oxygens (including phenoxy) is 2. The maximum absolute atomic E-state index is 13.3. The monoisotopic (exact) mass is 393 g/mol. The number of rotatable bonds is 7. The fourth-order valence-corrected chi connectivity index (χ4v) is 3.19. The molecule has 2 aromatic rings. The predicted molar refractivity (Wildman–Crippen MR) is 98.3 cm³/mol. The standard InChI is InChI=1S/C21H22F3NO3/c22-21(23,24)19-11-5-4-10-18(19)20(26)25(15-17-9-6-13-27-17)12-14-28-16-7-2-1-3-8-16/h1-5,7-8,10-11,17H,6,9,12-15H2. The van der Waals surface area contributed by atoms with Crippen LogP contribution in [0.5, 0.6) is 5.75 Å². The maximum atomic E-state index is 13.3. The minimum Gasteiger partial charge on any atom is -0.492 e. The van der Waals surface area contributed by atoms with Crippen molar-refractivity contribution < 1.29 is 27.4 Å². The van der Waals surface area contributed by atoms with Gasteiger partial charge >= 0.3 is 6.18 Å². The summed E-state index contributed by atoms with van der Waals surface area (Å²) < 4.78 is 51.2. The summed E-state index contributed by atoms with van der Waals surface area (Å²) in [6, 6.07) is 13.9. The van der Waals surface area contributed by atoms with Gasteiger partial charge in [-0.2, -0.15) is 13.2 Å². The van der Waals surface area contributed by atoms with Crippen LogP contribution in [0.4, 0.5) is 13.2 Å². The molecule has 0 radical (unpaired) electrons. The highest BCUT2D eigenvalue weighted by atomic mass is 19.4. The second-order valence-electron chi connectivity index (χ2n) is 6.59. The molecule has 1 unspecified atom stereocenters. The molecule has 150 valence electrons. The molecule has 1 atom stereocenters. The van der Waals surface area contributed by atoms with Crippen molar-refractivity contribution >= 4 is 5.91 Å². The van der Waals surface area contributed by atoms with Crippen LogP contribution in [0.2, 0.25) is 0 Å². The first-order valence-electron chi connectivity index (χ1n) is 9.20. The highest BCUT2D eigenvalue weighted by Crippen LogP contribution is 2.32. The third kappa shape index (κ3) is 5.25. The van der Waals surface area contributed by atoms with Crippen molar-refractivity contribution in [2.24, 2.45) is 0 Å². The van der Waals surface area contributed by atoms with Crippen molar-refractivity contribution in [3.05, 3.63) is 65.7 Å². The van der Waals surface area contributed by atoms with Crippen LogP contribution in [0.25, 0.3) is 0 Å². The van der Waals surface area contributed by atoms with E-state index in [1.54, 1.807) is 12.1 Å². The highest BCUT2D eigenvalue weighted by molar-refractivity contribution is 5.96. The van der Waals surface area contributed by atoms with E-state index in [1.165, 1.54) is 23.1 Å².